The molecule has 0 aromatic heterocycles. The first-order valence-corrected chi connectivity index (χ1v) is 9.40. The highest BCUT2D eigenvalue weighted by atomic mass is 16.6. The van der Waals surface area contributed by atoms with Crippen LogP contribution in [0.4, 0.5) is 4.79 Å². The van der Waals surface area contributed by atoms with Crippen molar-refractivity contribution in [2.24, 2.45) is 11.8 Å². The third kappa shape index (κ3) is 9.19. The second-order valence-electron chi connectivity index (χ2n) is 8.57. The fourth-order valence-electron chi connectivity index (χ4n) is 3.23. The topological polar surface area (TPSA) is 50.4 Å². The highest BCUT2D eigenvalue weighted by Gasteiger charge is 2.27. The molecule has 1 amide bonds. The number of alkyl carbamates (subject to hydrolysis) is 1. The van der Waals surface area contributed by atoms with E-state index in [4.69, 9.17) is 4.74 Å². The van der Waals surface area contributed by atoms with E-state index in [0.717, 1.165) is 5.92 Å². The van der Waals surface area contributed by atoms with Gasteiger partial charge in [0.2, 0.25) is 0 Å². The van der Waals surface area contributed by atoms with E-state index < -0.39 is 5.60 Å². The van der Waals surface area contributed by atoms with Gasteiger partial charge in [0.25, 0.3) is 0 Å². The highest BCUT2D eigenvalue weighted by Crippen LogP contribution is 2.25. The number of amides is 1. The number of hydrogen-bond acceptors (Lipinski definition) is 3. The molecule has 3 unspecified atom stereocenters. The van der Waals surface area contributed by atoms with E-state index in [0.29, 0.717) is 24.5 Å². The molecule has 0 heterocycles. The van der Waals surface area contributed by atoms with Crippen molar-refractivity contribution in [2.75, 3.05) is 6.54 Å². The molecule has 4 nitrogen and oxygen atoms in total. The van der Waals surface area contributed by atoms with E-state index in [1.54, 1.807) is 0 Å². The normalized spacial score (nSPS) is 23.6. The molecule has 0 saturated heterocycles. The minimum atomic E-state index is -0.431. The number of ether oxygens (including phenoxy) is 1. The maximum Gasteiger partial charge on any atom is 0.407 e. The number of rotatable bonds is 7. The van der Waals surface area contributed by atoms with Gasteiger partial charge in [-0.05, 0) is 65.2 Å². The van der Waals surface area contributed by atoms with Crippen LogP contribution in [0.3, 0.4) is 0 Å². The summed E-state index contributed by atoms with van der Waals surface area (Å²) in [6.45, 7) is 13.2. The molecule has 3 atom stereocenters. The lowest BCUT2D eigenvalue weighted by atomic mass is 9.84. The maximum atomic E-state index is 11.9. The number of carbonyl (C=O) groups is 1. The molecule has 1 rings (SSSR count). The summed E-state index contributed by atoms with van der Waals surface area (Å²) < 4.78 is 5.34. The summed E-state index contributed by atoms with van der Waals surface area (Å²) in [6, 6.07) is 1.06. The molecule has 0 aliphatic heterocycles. The van der Waals surface area contributed by atoms with E-state index in [-0.39, 0.29) is 6.09 Å². The Balaban J connectivity index is 2.40. The smallest absolute Gasteiger partial charge is 0.407 e. The molecular weight excluding hydrogens is 288 g/mol. The molecule has 1 aliphatic rings. The van der Waals surface area contributed by atoms with Crippen molar-refractivity contribution in [3.63, 3.8) is 0 Å². The zero-order chi connectivity index (χ0) is 17.5. The molecule has 1 aliphatic carbocycles. The molecule has 0 aromatic carbocycles. The highest BCUT2D eigenvalue weighted by molar-refractivity contribution is 5.67. The van der Waals surface area contributed by atoms with Gasteiger partial charge in [-0.3, -0.25) is 0 Å². The Kier molecular flexibility index (Phi) is 8.38. The second-order valence-corrected chi connectivity index (χ2v) is 8.57. The van der Waals surface area contributed by atoms with E-state index >= 15 is 0 Å². The van der Waals surface area contributed by atoms with Crippen LogP contribution in [0, 0.1) is 11.8 Å². The molecule has 1 fully saturated rings. The van der Waals surface area contributed by atoms with Gasteiger partial charge >= 0.3 is 6.09 Å². The van der Waals surface area contributed by atoms with Gasteiger partial charge in [-0.15, -0.1) is 0 Å². The molecule has 0 bridgehead atoms. The first-order chi connectivity index (χ1) is 10.7. The predicted molar refractivity (Wildman–Crippen MR) is 96.7 cm³/mol. The summed E-state index contributed by atoms with van der Waals surface area (Å²) in [5, 5.41) is 6.77. The predicted octanol–water partition coefficient (Wildman–Crippen LogP) is 4.48. The lowest BCUT2D eigenvalue weighted by Crippen LogP contribution is -2.47. The van der Waals surface area contributed by atoms with Crippen LogP contribution in [0.15, 0.2) is 0 Å². The molecular formula is C19H38N2O2. The molecule has 136 valence electrons. The molecule has 0 spiro atoms. The van der Waals surface area contributed by atoms with Gasteiger partial charge in [0.05, 0.1) is 0 Å². The molecule has 4 heteroatoms. The molecule has 2 N–H and O–H groups in total. The van der Waals surface area contributed by atoms with Gasteiger partial charge in [-0.1, -0.05) is 26.7 Å². The summed E-state index contributed by atoms with van der Waals surface area (Å²) in [5.41, 5.74) is -0.431. The molecule has 0 aromatic rings. The van der Waals surface area contributed by atoms with Crippen LogP contribution >= 0.6 is 0 Å². The summed E-state index contributed by atoms with van der Waals surface area (Å²) >= 11 is 0. The lowest BCUT2D eigenvalue weighted by molar-refractivity contribution is 0.0510. The van der Waals surface area contributed by atoms with Crippen molar-refractivity contribution in [1.82, 2.24) is 10.6 Å². The quantitative estimate of drug-likeness (QED) is 0.725. The minimum absolute atomic E-state index is 0.297. The average Bonchev–Trinajstić information content (AvgIpc) is 2.42. The first kappa shape index (κ1) is 20.3. The molecule has 23 heavy (non-hydrogen) atoms. The van der Waals surface area contributed by atoms with Crippen molar-refractivity contribution in [3.05, 3.63) is 0 Å². The largest absolute Gasteiger partial charge is 0.444 e. The van der Waals surface area contributed by atoms with Gasteiger partial charge in [-0.25, -0.2) is 4.79 Å². The van der Waals surface area contributed by atoms with E-state index in [1.165, 1.54) is 38.5 Å². The average molecular weight is 327 g/mol. The lowest BCUT2D eigenvalue weighted by Gasteiger charge is -2.35. The van der Waals surface area contributed by atoms with Crippen LogP contribution in [0.5, 0.6) is 0 Å². The fraction of sp³-hybridized carbons (Fsp3) is 0.947. The minimum Gasteiger partial charge on any atom is -0.444 e. The summed E-state index contributed by atoms with van der Waals surface area (Å²) in [6.07, 6.45) is 7.14. The SMILES string of the molecule is CC(C)CCC(C)NC1CCCCC1CNC(=O)OC(C)(C)C. The van der Waals surface area contributed by atoms with Gasteiger partial charge in [0.1, 0.15) is 5.60 Å². The Morgan fingerprint density at radius 2 is 1.78 bits per heavy atom. The van der Waals surface area contributed by atoms with Crippen molar-refractivity contribution in [1.29, 1.82) is 0 Å². The third-order valence-corrected chi connectivity index (χ3v) is 4.49. The number of carbonyl (C=O) groups excluding carboxylic acids is 1. The summed E-state index contributed by atoms with van der Waals surface area (Å²) in [5.74, 6) is 1.27. The zero-order valence-corrected chi connectivity index (χ0v) is 16.1. The van der Waals surface area contributed by atoms with Crippen molar-refractivity contribution < 1.29 is 9.53 Å². The van der Waals surface area contributed by atoms with Crippen LogP contribution in [0.25, 0.3) is 0 Å². The number of nitrogens with one attached hydrogen (secondary N) is 2. The summed E-state index contributed by atoms with van der Waals surface area (Å²) in [4.78, 5) is 11.9. The first-order valence-electron chi connectivity index (χ1n) is 9.40. The zero-order valence-electron chi connectivity index (χ0n) is 16.1. The molecule has 1 saturated carbocycles. The van der Waals surface area contributed by atoms with Gasteiger partial charge in [-0.2, -0.15) is 0 Å². The Morgan fingerprint density at radius 1 is 1.13 bits per heavy atom. The van der Waals surface area contributed by atoms with E-state index in [1.807, 2.05) is 20.8 Å². The third-order valence-electron chi connectivity index (χ3n) is 4.49. The van der Waals surface area contributed by atoms with Crippen molar-refractivity contribution >= 4 is 6.09 Å². The number of hydrogen-bond donors (Lipinski definition) is 2. The summed E-state index contributed by atoms with van der Waals surface area (Å²) in [7, 11) is 0. The Morgan fingerprint density at radius 3 is 2.39 bits per heavy atom. The van der Waals surface area contributed by atoms with Gasteiger partial charge < -0.3 is 15.4 Å². The monoisotopic (exact) mass is 326 g/mol. The van der Waals surface area contributed by atoms with Crippen LogP contribution in [-0.2, 0) is 4.74 Å². The standard InChI is InChI=1S/C19H38N2O2/c1-14(2)11-12-15(3)21-17-10-8-7-9-16(17)13-20-18(22)23-19(4,5)6/h14-17,21H,7-13H2,1-6H3,(H,20,22). The van der Waals surface area contributed by atoms with Crippen LogP contribution in [-0.4, -0.2) is 30.3 Å². The molecule has 0 radical (unpaired) electrons. The maximum absolute atomic E-state index is 11.9. The van der Waals surface area contributed by atoms with E-state index in [9.17, 15) is 4.79 Å². The fourth-order valence-corrected chi connectivity index (χ4v) is 3.23. The Bertz CT molecular complexity index is 350. The van der Waals surface area contributed by atoms with Crippen molar-refractivity contribution in [2.45, 2.75) is 97.8 Å². The van der Waals surface area contributed by atoms with Gasteiger partial charge in [0, 0.05) is 18.6 Å². The van der Waals surface area contributed by atoms with Crippen molar-refractivity contribution in [3.8, 4) is 0 Å². The van der Waals surface area contributed by atoms with Gasteiger partial charge in [0.15, 0.2) is 0 Å². The Hall–Kier alpha value is -0.770. The van der Waals surface area contributed by atoms with Crippen LogP contribution in [0.2, 0.25) is 0 Å². The van der Waals surface area contributed by atoms with Crippen LogP contribution < -0.4 is 10.6 Å². The van der Waals surface area contributed by atoms with Crippen LogP contribution in [0.1, 0.15) is 80.1 Å². The Labute approximate surface area is 143 Å². The van der Waals surface area contributed by atoms with E-state index in [2.05, 4.69) is 31.4 Å². The second kappa shape index (κ2) is 9.51.